The van der Waals surface area contributed by atoms with E-state index < -0.39 is 0 Å². The van der Waals surface area contributed by atoms with Crippen molar-refractivity contribution >= 4 is 10.9 Å². The highest BCUT2D eigenvalue weighted by molar-refractivity contribution is 5.85. The third kappa shape index (κ3) is 4.29. The van der Waals surface area contributed by atoms with Gasteiger partial charge in [0.15, 0.2) is 0 Å². The highest BCUT2D eigenvalue weighted by atomic mass is 15.2. The number of para-hydroxylation sites is 1. The van der Waals surface area contributed by atoms with Crippen LogP contribution in [0, 0.1) is 0 Å². The van der Waals surface area contributed by atoms with Crippen LogP contribution < -0.4 is 0 Å². The summed E-state index contributed by atoms with van der Waals surface area (Å²) >= 11 is 0. The van der Waals surface area contributed by atoms with E-state index in [0.29, 0.717) is 0 Å². The lowest BCUT2D eigenvalue weighted by Gasteiger charge is -2.28. The molecule has 0 fully saturated rings. The summed E-state index contributed by atoms with van der Waals surface area (Å²) in [6.45, 7) is 5.67. The molecule has 0 unspecified atom stereocenters. The minimum atomic E-state index is 1.09. The summed E-state index contributed by atoms with van der Waals surface area (Å²) in [7, 11) is 4.32. The molecule has 3 aromatic rings. The Morgan fingerprint density at radius 1 is 1.00 bits per heavy atom. The first-order chi connectivity index (χ1) is 13.7. The molecule has 4 rings (SSSR count). The van der Waals surface area contributed by atoms with Crippen LogP contribution >= 0.6 is 0 Å². The molecule has 4 nitrogen and oxygen atoms in total. The van der Waals surface area contributed by atoms with Crippen LogP contribution in [-0.2, 0) is 25.9 Å². The maximum atomic E-state index is 4.12. The van der Waals surface area contributed by atoms with Crippen LogP contribution in [0.5, 0.6) is 0 Å². The Labute approximate surface area is 168 Å². The molecule has 0 radical (unpaired) electrons. The number of aromatic nitrogens is 2. The normalized spacial score (nSPS) is 14.7. The summed E-state index contributed by atoms with van der Waals surface area (Å²) < 4.78 is 2.60. The lowest BCUT2D eigenvalue weighted by molar-refractivity contribution is 0.243. The molecule has 0 saturated heterocycles. The first kappa shape index (κ1) is 19.2. The third-order valence-corrected chi connectivity index (χ3v) is 5.92. The largest absolute Gasteiger partial charge is 0.343 e. The maximum Gasteiger partial charge on any atom is 0.0485 e. The van der Waals surface area contributed by atoms with E-state index in [-0.39, 0.29) is 0 Å². The molecule has 0 amide bonds. The second kappa shape index (κ2) is 8.89. The molecule has 0 N–H and O–H groups in total. The van der Waals surface area contributed by atoms with Crippen LogP contribution in [0.2, 0.25) is 0 Å². The van der Waals surface area contributed by atoms with Gasteiger partial charge >= 0.3 is 0 Å². The van der Waals surface area contributed by atoms with Gasteiger partial charge in [0.05, 0.1) is 0 Å². The lowest BCUT2D eigenvalue weighted by Crippen LogP contribution is -2.32. The van der Waals surface area contributed by atoms with Crippen LogP contribution in [0.4, 0.5) is 0 Å². The Kier molecular flexibility index (Phi) is 6.08. The number of nitrogens with zero attached hydrogens (tertiary/aromatic N) is 4. The van der Waals surface area contributed by atoms with Crippen molar-refractivity contribution in [3.63, 3.8) is 0 Å². The number of rotatable bonds is 8. The molecule has 3 heterocycles. The van der Waals surface area contributed by atoms with Gasteiger partial charge in [-0.25, -0.2) is 0 Å². The average Bonchev–Trinajstić information content (AvgIpc) is 3.02. The van der Waals surface area contributed by atoms with E-state index in [1.54, 1.807) is 11.3 Å². The summed E-state index contributed by atoms with van der Waals surface area (Å²) in [5.41, 5.74) is 5.95. The molecule has 1 aromatic carbocycles. The van der Waals surface area contributed by atoms with Crippen LogP contribution in [-0.4, -0.2) is 53.1 Å². The zero-order valence-electron chi connectivity index (χ0n) is 17.3. The van der Waals surface area contributed by atoms with E-state index in [4.69, 9.17) is 0 Å². The number of hydrogen-bond donors (Lipinski definition) is 0. The van der Waals surface area contributed by atoms with Crippen molar-refractivity contribution in [1.82, 2.24) is 19.4 Å². The first-order valence-corrected chi connectivity index (χ1v) is 10.6. The molecule has 148 valence electrons. The van der Waals surface area contributed by atoms with Gasteiger partial charge in [-0.15, -0.1) is 0 Å². The Balaban J connectivity index is 1.47. The smallest absolute Gasteiger partial charge is 0.0485 e. The monoisotopic (exact) mass is 376 g/mol. The predicted molar refractivity (Wildman–Crippen MR) is 117 cm³/mol. The van der Waals surface area contributed by atoms with Crippen molar-refractivity contribution < 1.29 is 0 Å². The quantitative estimate of drug-likeness (QED) is 0.594. The molecule has 2 aromatic heterocycles. The number of benzene rings is 1. The van der Waals surface area contributed by atoms with E-state index in [9.17, 15) is 0 Å². The fourth-order valence-electron chi connectivity index (χ4n) is 4.50. The van der Waals surface area contributed by atoms with Gasteiger partial charge in [0.1, 0.15) is 0 Å². The van der Waals surface area contributed by atoms with E-state index in [1.807, 2.05) is 12.4 Å². The second-order valence-electron chi connectivity index (χ2n) is 8.24. The van der Waals surface area contributed by atoms with Crippen LogP contribution in [0.3, 0.4) is 0 Å². The van der Waals surface area contributed by atoms with Crippen molar-refractivity contribution in [2.24, 2.45) is 0 Å². The summed E-state index contributed by atoms with van der Waals surface area (Å²) in [5, 5.41) is 1.47. The Hall–Kier alpha value is -2.17. The van der Waals surface area contributed by atoms with Crippen molar-refractivity contribution in [3.8, 4) is 0 Å². The number of aryl methyl sites for hydroxylation is 2. The number of fused-ring (bicyclic) bond motifs is 3. The summed E-state index contributed by atoms with van der Waals surface area (Å²) in [4.78, 5) is 9.04. The topological polar surface area (TPSA) is 24.3 Å². The van der Waals surface area contributed by atoms with E-state index >= 15 is 0 Å². The molecule has 28 heavy (non-hydrogen) atoms. The van der Waals surface area contributed by atoms with Crippen LogP contribution in [0.1, 0.15) is 29.7 Å². The van der Waals surface area contributed by atoms with Gasteiger partial charge in [0.2, 0.25) is 0 Å². The standard InChI is InChI=1S/C24H32N4/c1-26(2)15-6-17-28-23-9-4-3-8-21(23)22-12-18-27(19-24(22)28)16-5-7-20-10-13-25-14-11-20/h3-4,8-11,13-14H,5-7,12,15-19H2,1-2H3. The van der Waals surface area contributed by atoms with Crippen LogP contribution in [0.15, 0.2) is 48.8 Å². The zero-order valence-corrected chi connectivity index (χ0v) is 17.3. The molecule has 4 heteroatoms. The Morgan fingerprint density at radius 3 is 2.64 bits per heavy atom. The minimum Gasteiger partial charge on any atom is -0.343 e. The first-order valence-electron chi connectivity index (χ1n) is 10.6. The molecular weight excluding hydrogens is 344 g/mol. The third-order valence-electron chi connectivity index (χ3n) is 5.92. The van der Waals surface area contributed by atoms with E-state index in [2.05, 4.69) is 69.8 Å². The predicted octanol–water partition coefficient (Wildman–Crippen LogP) is 3.98. The summed E-state index contributed by atoms with van der Waals surface area (Å²) in [6, 6.07) is 13.3. The van der Waals surface area contributed by atoms with Crippen molar-refractivity contribution in [3.05, 3.63) is 65.6 Å². The highest BCUT2D eigenvalue weighted by Gasteiger charge is 2.23. The van der Waals surface area contributed by atoms with Gasteiger partial charge in [-0.2, -0.15) is 0 Å². The van der Waals surface area contributed by atoms with Gasteiger partial charge in [-0.05, 0) is 82.2 Å². The molecule has 0 spiro atoms. The van der Waals surface area contributed by atoms with Gasteiger partial charge in [-0.3, -0.25) is 9.88 Å². The van der Waals surface area contributed by atoms with Gasteiger partial charge in [-0.1, -0.05) is 18.2 Å². The van der Waals surface area contributed by atoms with Crippen molar-refractivity contribution in [2.45, 2.75) is 38.8 Å². The Bertz CT molecular complexity index is 898. The summed E-state index contributed by atoms with van der Waals surface area (Å²) in [5.74, 6) is 0. The van der Waals surface area contributed by atoms with Gasteiger partial charge in [0, 0.05) is 48.6 Å². The highest BCUT2D eigenvalue weighted by Crippen LogP contribution is 2.31. The molecular formula is C24H32N4. The van der Waals surface area contributed by atoms with Crippen molar-refractivity contribution in [1.29, 1.82) is 0 Å². The molecule has 1 aliphatic heterocycles. The SMILES string of the molecule is CN(C)CCCn1c2c(c3ccccc31)CCN(CCCc1ccncc1)C2. The Morgan fingerprint density at radius 2 is 1.82 bits per heavy atom. The lowest BCUT2D eigenvalue weighted by atomic mass is 10.0. The van der Waals surface area contributed by atoms with Gasteiger partial charge < -0.3 is 9.47 Å². The van der Waals surface area contributed by atoms with E-state index in [1.165, 1.54) is 48.8 Å². The molecule has 0 saturated carbocycles. The molecule has 0 aliphatic carbocycles. The molecule has 0 bridgehead atoms. The summed E-state index contributed by atoms with van der Waals surface area (Å²) in [6.07, 6.45) is 8.51. The fourth-order valence-corrected chi connectivity index (χ4v) is 4.50. The second-order valence-corrected chi connectivity index (χ2v) is 8.24. The number of pyridine rings is 1. The average molecular weight is 377 g/mol. The molecule has 0 atom stereocenters. The van der Waals surface area contributed by atoms with E-state index in [0.717, 1.165) is 26.1 Å². The molecule has 1 aliphatic rings. The van der Waals surface area contributed by atoms with Crippen LogP contribution in [0.25, 0.3) is 10.9 Å². The number of hydrogen-bond acceptors (Lipinski definition) is 3. The fraction of sp³-hybridized carbons (Fsp3) is 0.458. The van der Waals surface area contributed by atoms with Crippen molar-refractivity contribution in [2.75, 3.05) is 33.7 Å². The minimum absolute atomic E-state index is 1.09. The maximum absolute atomic E-state index is 4.12. The zero-order chi connectivity index (χ0) is 19.3. The van der Waals surface area contributed by atoms with Gasteiger partial charge in [0.25, 0.3) is 0 Å².